The summed E-state index contributed by atoms with van der Waals surface area (Å²) in [6.45, 7) is 2.67. The largest absolute Gasteiger partial charge is 0.396 e. The van der Waals surface area contributed by atoms with Crippen molar-refractivity contribution in [3.63, 3.8) is 0 Å². The Bertz CT molecular complexity index is 219. The van der Waals surface area contributed by atoms with E-state index in [4.69, 9.17) is 5.11 Å². The molecule has 2 nitrogen and oxygen atoms in total. The monoisotopic (exact) mass is 239 g/mol. The van der Waals surface area contributed by atoms with Gasteiger partial charge in [0.1, 0.15) is 0 Å². The minimum atomic E-state index is 0.370. The Morgan fingerprint density at radius 3 is 2.53 bits per heavy atom. The van der Waals surface area contributed by atoms with Crippen LogP contribution in [-0.4, -0.2) is 34.7 Å². The molecule has 0 aromatic carbocycles. The normalized spacial score (nSPS) is 33.9. The molecule has 17 heavy (non-hydrogen) atoms. The zero-order valence-corrected chi connectivity index (χ0v) is 11.4. The second kappa shape index (κ2) is 6.75. The van der Waals surface area contributed by atoms with E-state index in [1.807, 2.05) is 0 Å². The van der Waals surface area contributed by atoms with Gasteiger partial charge in [0.2, 0.25) is 0 Å². The van der Waals surface area contributed by atoms with Gasteiger partial charge in [-0.3, -0.25) is 4.90 Å². The summed E-state index contributed by atoms with van der Waals surface area (Å²) < 4.78 is 0. The van der Waals surface area contributed by atoms with E-state index in [0.29, 0.717) is 6.61 Å². The van der Waals surface area contributed by atoms with E-state index in [1.165, 1.54) is 57.8 Å². The third-order valence-electron chi connectivity index (χ3n) is 4.76. The Kier molecular flexibility index (Phi) is 5.30. The number of piperidine rings is 1. The first-order chi connectivity index (χ1) is 8.36. The Morgan fingerprint density at radius 1 is 1.00 bits per heavy atom. The minimum absolute atomic E-state index is 0.370. The van der Waals surface area contributed by atoms with Crippen molar-refractivity contribution >= 4 is 0 Å². The van der Waals surface area contributed by atoms with E-state index in [9.17, 15) is 0 Å². The van der Waals surface area contributed by atoms with E-state index < -0.39 is 0 Å². The molecule has 2 heterocycles. The van der Waals surface area contributed by atoms with Crippen molar-refractivity contribution in [1.29, 1.82) is 0 Å². The average molecular weight is 239 g/mol. The number of hydrogen-bond acceptors (Lipinski definition) is 2. The zero-order chi connectivity index (χ0) is 12.1. The predicted octanol–water partition coefficient (Wildman–Crippen LogP) is 3.33. The number of hydrogen-bond donors (Lipinski definition) is 1. The van der Waals surface area contributed by atoms with Gasteiger partial charge in [-0.25, -0.2) is 0 Å². The van der Waals surface area contributed by atoms with E-state index in [1.54, 1.807) is 0 Å². The lowest BCUT2D eigenvalue weighted by Gasteiger charge is -2.41. The van der Waals surface area contributed by atoms with Gasteiger partial charge < -0.3 is 5.11 Å². The van der Waals surface area contributed by atoms with Crippen molar-refractivity contribution in [3.8, 4) is 0 Å². The Morgan fingerprint density at radius 2 is 1.76 bits per heavy atom. The topological polar surface area (TPSA) is 23.5 Å². The number of unbranched alkanes of at least 4 members (excludes halogenated alkanes) is 1. The average Bonchev–Trinajstić information content (AvgIpc) is 2.77. The lowest BCUT2D eigenvalue weighted by atomic mass is 9.93. The molecule has 0 unspecified atom stereocenters. The molecule has 2 heteroatoms. The van der Waals surface area contributed by atoms with Crippen LogP contribution in [0.3, 0.4) is 0 Å². The summed E-state index contributed by atoms with van der Waals surface area (Å²) in [5.74, 6) is 0. The number of rotatable bonds is 6. The third kappa shape index (κ3) is 3.23. The third-order valence-corrected chi connectivity index (χ3v) is 4.76. The molecule has 0 saturated carbocycles. The molecule has 2 aliphatic heterocycles. The van der Waals surface area contributed by atoms with Crippen molar-refractivity contribution in [2.24, 2.45) is 0 Å². The molecule has 0 spiro atoms. The Labute approximate surface area is 106 Å². The molecule has 2 rings (SSSR count). The first-order valence-corrected chi connectivity index (χ1v) is 7.75. The minimum Gasteiger partial charge on any atom is -0.396 e. The van der Waals surface area contributed by atoms with Crippen molar-refractivity contribution < 1.29 is 5.11 Å². The number of nitrogens with zero attached hydrogens (tertiary/aromatic N) is 1. The smallest absolute Gasteiger partial charge is 0.0431 e. The molecule has 0 aliphatic carbocycles. The van der Waals surface area contributed by atoms with Gasteiger partial charge in [0.15, 0.2) is 0 Å². The summed E-state index contributed by atoms with van der Waals surface area (Å²) >= 11 is 0. The van der Waals surface area contributed by atoms with Crippen LogP contribution in [0.15, 0.2) is 0 Å². The first kappa shape index (κ1) is 13.4. The number of aliphatic hydroxyl groups excluding tert-OH is 1. The van der Waals surface area contributed by atoms with Crippen molar-refractivity contribution in [2.75, 3.05) is 6.61 Å². The van der Waals surface area contributed by atoms with E-state index in [0.717, 1.165) is 24.5 Å². The highest BCUT2D eigenvalue weighted by Gasteiger charge is 2.39. The van der Waals surface area contributed by atoms with Gasteiger partial charge in [0.05, 0.1) is 0 Å². The standard InChI is InChI=1S/C15H29NO/c1-2-3-6-14-10-11-15-8-4-7-13(16(14)15)9-5-12-17/h13-15,17H,2-12H2,1H3/t13-,14+,15+/m0/s1. The van der Waals surface area contributed by atoms with Gasteiger partial charge in [-0.15, -0.1) is 0 Å². The second-order valence-electron chi connectivity index (χ2n) is 5.93. The van der Waals surface area contributed by atoms with Crippen LogP contribution in [0.4, 0.5) is 0 Å². The summed E-state index contributed by atoms with van der Waals surface area (Å²) in [5.41, 5.74) is 0. The Hall–Kier alpha value is -0.0800. The van der Waals surface area contributed by atoms with Crippen LogP contribution in [0.5, 0.6) is 0 Å². The molecule has 2 fully saturated rings. The molecule has 1 N–H and O–H groups in total. The fourth-order valence-electron chi connectivity index (χ4n) is 3.96. The summed E-state index contributed by atoms with van der Waals surface area (Å²) in [6.07, 6.45) is 13.4. The lowest BCUT2D eigenvalue weighted by Crippen LogP contribution is -2.47. The number of fused-ring (bicyclic) bond motifs is 1. The van der Waals surface area contributed by atoms with Gasteiger partial charge >= 0.3 is 0 Å². The van der Waals surface area contributed by atoms with Crippen LogP contribution < -0.4 is 0 Å². The molecule has 0 bridgehead atoms. The Balaban J connectivity index is 1.91. The van der Waals surface area contributed by atoms with Gasteiger partial charge in [0.25, 0.3) is 0 Å². The summed E-state index contributed by atoms with van der Waals surface area (Å²) in [7, 11) is 0. The van der Waals surface area contributed by atoms with Crippen LogP contribution in [0.25, 0.3) is 0 Å². The van der Waals surface area contributed by atoms with E-state index in [2.05, 4.69) is 11.8 Å². The SMILES string of the molecule is CCCC[C@@H]1CC[C@H]2CCC[C@@H](CCCO)N12. The lowest BCUT2D eigenvalue weighted by molar-refractivity contribution is 0.0674. The molecular weight excluding hydrogens is 210 g/mol. The highest BCUT2D eigenvalue weighted by Crippen LogP contribution is 2.38. The first-order valence-electron chi connectivity index (χ1n) is 7.75. The molecule has 3 atom stereocenters. The molecule has 100 valence electrons. The maximum absolute atomic E-state index is 9.03. The van der Waals surface area contributed by atoms with Crippen molar-refractivity contribution in [1.82, 2.24) is 4.90 Å². The van der Waals surface area contributed by atoms with Crippen LogP contribution >= 0.6 is 0 Å². The predicted molar refractivity (Wildman–Crippen MR) is 72.1 cm³/mol. The molecule has 0 aromatic rings. The highest BCUT2D eigenvalue weighted by atomic mass is 16.2. The molecule has 2 saturated heterocycles. The zero-order valence-electron chi connectivity index (χ0n) is 11.4. The number of aliphatic hydroxyl groups is 1. The highest BCUT2D eigenvalue weighted by molar-refractivity contribution is 4.94. The van der Waals surface area contributed by atoms with Crippen LogP contribution in [0, 0.1) is 0 Å². The fraction of sp³-hybridized carbons (Fsp3) is 1.00. The summed E-state index contributed by atoms with van der Waals surface area (Å²) in [4.78, 5) is 2.86. The van der Waals surface area contributed by atoms with Crippen LogP contribution in [0.1, 0.15) is 71.1 Å². The van der Waals surface area contributed by atoms with Gasteiger partial charge in [0, 0.05) is 24.7 Å². The summed E-state index contributed by atoms with van der Waals surface area (Å²) in [5, 5.41) is 9.03. The van der Waals surface area contributed by atoms with Gasteiger partial charge in [-0.05, 0) is 44.9 Å². The van der Waals surface area contributed by atoms with Gasteiger partial charge in [-0.1, -0.05) is 26.2 Å². The molecular formula is C15H29NO. The van der Waals surface area contributed by atoms with Crippen molar-refractivity contribution in [3.05, 3.63) is 0 Å². The van der Waals surface area contributed by atoms with Crippen molar-refractivity contribution in [2.45, 2.75) is 89.3 Å². The van der Waals surface area contributed by atoms with E-state index >= 15 is 0 Å². The maximum atomic E-state index is 9.03. The molecule has 2 aliphatic rings. The van der Waals surface area contributed by atoms with E-state index in [-0.39, 0.29) is 0 Å². The maximum Gasteiger partial charge on any atom is 0.0431 e. The molecule has 0 aromatic heterocycles. The fourth-order valence-corrected chi connectivity index (χ4v) is 3.96. The van der Waals surface area contributed by atoms with Gasteiger partial charge in [-0.2, -0.15) is 0 Å². The molecule has 0 radical (unpaired) electrons. The van der Waals surface area contributed by atoms with Crippen LogP contribution in [-0.2, 0) is 0 Å². The summed E-state index contributed by atoms with van der Waals surface area (Å²) in [6, 6.07) is 2.53. The molecule has 0 amide bonds. The quantitative estimate of drug-likeness (QED) is 0.768. The second-order valence-corrected chi connectivity index (χ2v) is 5.93. The van der Waals surface area contributed by atoms with Crippen LogP contribution in [0.2, 0.25) is 0 Å².